The van der Waals surface area contributed by atoms with E-state index >= 15 is 0 Å². The third kappa shape index (κ3) is 6.51. The van der Waals surface area contributed by atoms with E-state index in [0.717, 1.165) is 18.7 Å². The fraction of sp³-hybridized carbons (Fsp3) is 0.600. The molecule has 0 unspecified atom stereocenters. The minimum Gasteiger partial charge on any atom is -0.396 e. The Balaban J connectivity index is 2.16. The van der Waals surface area contributed by atoms with Gasteiger partial charge in [-0.1, -0.05) is 62.2 Å². The van der Waals surface area contributed by atoms with Crippen molar-refractivity contribution >= 4 is 28.9 Å². The van der Waals surface area contributed by atoms with Gasteiger partial charge in [0.2, 0.25) is 0 Å². The van der Waals surface area contributed by atoms with Crippen molar-refractivity contribution in [2.24, 2.45) is 0 Å². The Labute approximate surface area is 126 Å². The molecule has 0 atom stereocenters. The van der Waals surface area contributed by atoms with Crippen LogP contribution in [0.4, 0.5) is 5.69 Å². The van der Waals surface area contributed by atoms with Gasteiger partial charge in [0.25, 0.3) is 0 Å². The fourth-order valence-electron chi connectivity index (χ4n) is 2.00. The van der Waals surface area contributed by atoms with Crippen molar-refractivity contribution in [1.29, 1.82) is 0 Å². The van der Waals surface area contributed by atoms with Crippen molar-refractivity contribution < 1.29 is 0 Å². The number of hydrogen-bond acceptors (Lipinski definition) is 2. The Morgan fingerprint density at radius 1 is 1.00 bits per heavy atom. The van der Waals surface area contributed by atoms with Crippen molar-refractivity contribution in [2.75, 3.05) is 12.3 Å². The molecule has 0 fully saturated rings. The minimum absolute atomic E-state index is 0.461. The highest BCUT2D eigenvalue weighted by molar-refractivity contribution is 6.38. The van der Waals surface area contributed by atoms with Crippen LogP contribution in [0, 0.1) is 0 Å². The van der Waals surface area contributed by atoms with E-state index in [-0.39, 0.29) is 0 Å². The van der Waals surface area contributed by atoms with E-state index in [2.05, 4.69) is 12.2 Å². The molecule has 0 saturated carbocycles. The maximum absolute atomic E-state index is 5.99. The Morgan fingerprint density at radius 2 is 1.58 bits per heavy atom. The molecular weight excluding hydrogens is 279 g/mol. The number of nitrogen functional groups attached to an aromatic ring is 1. The molecule has 0 spiro atoms. The molecule has 0 aliphatic carbocycles. The smallest absolute Gasteiger partial charge is 0.0693 e. The summed E-state index contributed by atoms with van der Waals surface area (Å²) in [5.74, 6) is 0. The van der Waals surface area contributed by atoms with E-state index in [1.807, 2.05) is 12.1 Å². The van der Waals surface area contributed by atoms with E-state index < -0.39 is 0 Å². The van der Waals surface area contributed by atoms with E-state index in [0.29, 0.717) is 15.7 Å². The van der Waals surface area contributed by atoms with Crippen LogP contribution >= 0.6 is 23.2 Å². The Bertz CT molecular complexity index is 357. The number of nitrogens with one attached hydrogen (secondary N) is 1. The summed E-state index contributed by atoms with van der Waals surface area (Å²) in [6.45, 7) is 4.06. The first kappa shape index (κ1) is 16.6. The van der Waals surface area contributed by atoms with Gasteiger partial charge in [-0.15, -0.1) is 0 Å². The Kier molecular flexibility index (Phi) is 8.27. The zero-order valence-corrected chi connectivity index (χ0v) is 13.2. The predicted molar refractivity (Wildman–Crippen MR) is 86.0 cm³/mol. The van der Waals surface area contributed by atoms with Crippen LogP contribution < -0.4 is 11.1 Å². The SMILES string of the molecule is CCCCCCCCNCc1cc(Cl)c(N)c(Cl)c1. The average Bonchev–Trinajstić information content (AvgIpc) is 2.39. The van der Waals surface area contributed by atoms with Crippen LogP contribution in [0.3, 0.4) is 0 Å². The van der Waals surface area contributed by atoms with Crippen molar-refractivity contribution in [3.63, 3.8) is 0 Å². The summed E-state index contributed by atoms with van der Waals surface area (Å²) < 4.78 is 0. The minimum atomic E-state index is 0.461. The molecule has 1 rings (SSSR count). The van der Waals surface area contributed by atoms with Gasteiger partial charge in [-0.3, -0.25) is 0 Å². The predicted octanol–water partition coefficient (Wildman–Crippen LogP) is 5.03. The lowest BCUT2D eigenvalue weighted by atomic mass is 10.1. The number of hydrogen-bond donors (Lipinski definition) is 2. The van der Waals surface area contributed by atoms with Gasteiger partial charge in [0.05, 0.1) is 15.7 Å². The van der Waals surface area contributed by atoms with Crippen LogP contribution in [-0.4, -0.2) is 6.54 Å². The van der Waals surface area contributed by atoms with E-state index in [1.165, 1.54) is 38.5 Å². The summed E-state index contributed by atoms with van der Waals surface area (Å²) in [6.07, 6.45) is 7.89. The largest absolute Gasteiger partial charge is 0.396 e. The first-order valence-corrected chi connectivity index (χ1v) is 7.85. The maximum atomic E-state index is 5.99. The van der Waals surface area contributed by atoms with Crippen LogP contribution in [-0.2, 0) is 6.54 Å². The summed E-state index contributed by atoms with van der Waals surface area (Å²) >= 11 is 12.0. The van der Waals surface area contributed by atoms with Crippen LogP contribution in [0.1, 0.15) is 51.0 Å². The zero-order chi connectivity index (χ0) is 14.1. The summed E-state index contributed by atoms with van der Waals surface area (Å²) in [4.78, 5) is 0. The molecule has 0 radical (unpaired) electrons. The van der Waals surface area contributed by atoms with Gasteiger partial charge in [0.15, 0.2) is 0 Å². The third-order valence-corrected chi connectivity index (χ3v) is 3.80. The molecule has 0 heterocycles. The van der Waals surface area contributed by atoms with E-state index in [9.17, 15) is 0 Å². The summed E-state index contributed by atoms with van der Waals surface area (Å²) in [7, 11) is 0. The third-order valence-electron chi connectivity index (χ3n) is 3.18. The molecule has 0 saturated heterocycles. The number of nitrogens with two attached hydrogens (primary N) is 1. The number of rotatable bonds is 9. The van der Waals surface area contributed by atoms with E-state index in [4.69, 9.17) is 28.9 Å². The van der Waals surface area contributed by atoms with Crippen LogP contribution in [0.5, 0.6) is 0 Å². The monoisotopic (exact) mass is 302 g/mol. The van der Waals surface area contributed by atoms with Gasteiger partial charge in [0, 0.05) is 6.54 Å². The fourth-order valence-corrected chi connectivity index (χ4v) is 2.53. The number of halogens is 2. The maximum Gasteiger partial charge on any atom is 0.0693 e. The van der Waals surface area contributed by atoms with Crippen LogP contribution in [0.15, 0.2) is 12.1 Å². The van der Waals surface area contributed by atoms with Gasteiger partial charge in [0.1, 0.15) is 0 Å². The number of unbranched alkanes of at least 4 members (excludes halogenated alkanes) is 5. The van der Waals surface area contributed by atoms with Crippen LogP contribution in [0.2, 0.25) is 10.0 Å². The lowest BCUT2D eigenvalue weighted by molar-refractivity contribution is 0.572. The molecule has 0 amide bonds. The zero-order valence-electron chi connectivity index (χ0n) is 11.6. The molecule has 4 heteroatoms. The highest BCUT2D eigenvalue weighted by Gasteiger charge is 2.04. The first-order valence-electron chi connectivity index (χ1n) is 7.09. The molecule has 108 valence electrons. The topological polar surface area (TPSA) is 38.0 Å². The summed E-state index contributed by atoms with van der Waals surface area (Å²) in [6, 6.07) is 3.74. The Morgan fingerprint density at radius 3 is 2.21 bits per heavy atom. The molecule has 19 heavy (non-hydrogen) atoms. The highest BCUT2D eigenvalue weighted by atomic mass is 35.5. The van der Waals surface area contributed by atoms with Crippen molar-refractivity contribution in [2.45, 2.75) is 52.0 Å². The highest BCUT2D eigenvalue weighted by Crippen LogP contribution is 2.28. The summed E-state index contributed by atoms with van der Waals surface area (Å²) in [5.41, 5.74) is 7.24. The lowest BCUT2D eigenvalue weighted by Crippen LogP contribution is -2.14. The van der Waals surface area contributed by atoms with Gasteiger partial charge in [-0.25, -0.2) is 0 Å². The average molecular weight is 303 g/mol. The molecule has 3 N–H and O–H groups in total. The molecule has 1 aromatic carbocycles. The molecule has 0 aromatic heterocycles. The number of anilines is 1. The van der Waals surface area contributed by atoms with Gasteiger partial charge in [-0.2, -0.15) is 0 Å². The molecule has 2 nitrogen and oxygen atoms in total. The second kappa shape index (κ2) is 9.46. The first-order chi connectivity index (χ1) is 9.15. The van der Waals surface area contributed by atoms with Gasteiger partial charge in [-0.05, 0) is 30.7 Å². The second-order valence-electron chi connectivity index (χ2n) is 4.92. The van der Waals surface area contributed by atoms with Crippen LogP contribution in [0.25, 0.3) is 0 Å². The molecule has 0 aliphatic rings. The van der Waals surface area contributed by atoms with Crippen molar-refractivity contribution in [3.8, 4) is 0 Å². The second-order valence-corrected chi connectivity index (χ2v) is 5.73. The normalized spacial score (nSPS) is 10.9. The summed E-state index contributed by atoms with van der Waals surface area (Å²) in [5, 5.41) is 4.47. The molecule has 0 bridgehead atoms. The number of benzene rings is 1. The van der Waals surface area contributed by atoms with Crippen molar-refractivity contribution in [3.05, 3.63) is 27.7 Å². The Hall–Kier alpha value is -0.440. The van der Waals surface area contributed by atoms with E-state index in [1.54, 1.807) is 0 Å². The lowest BCUT2D eigenvalue weighted by Gasteiger charge is -2.08. The molecule has 0 aliphatic heterocycles. The van der Waals surface area contributed by atoms with Gasteiger partial charge >= 0.3 is 0 Å². The standard InChI is InChI=1S/C15H24Cl2N2/c1-2-3-4-5-6-7-8-19-11-12-9-13(16)15(18)14(17)10-12/h9-10,19H,2-8,11,18H2,1H3. The van der Waals surface area contributed by atoms with Crippen molar-refractivity contribution in [1.82, 2.24) is 5.32 Å². The molecule has 1 aromatic rings. The molecular formula is C15H24Cl2N2. The quantitative estimate of drug-likeness (QED) is 0.496. The van der Waals surface area contributed by atoms with Gasteiger partial charge < -0.3 is 11.1 Å².